The molecule has 0 saturated heterocycles. The number of benzene rings is 2. The Kier molecular flexibility index (Phi) is 6.22. The van der Waals surface area contributed by atoms with Crippen molar-refractivity contribution in [1.82, 2.24) is 24.5 Å². The van der Waals surface area contributed by atoms with Gasteiger partial charge >= 0.3 is 0 Å². The zero-order valence-corrected chi connectivity index (χ0v) is 19.1. The Morgan fingerprint density at radius 2 is 1.82 bits per heavy atom. The molecule has 0 aliphatic rings. The number of hydrogen-bond donors (Lipinski definition) is 1. The summed E-state index contributed by atoms with van der Waals surface area (Å²) in [5.41, 5.74) is 4.84. The standard InChI is InChI=1S/C26H27N5O2/c1-5-14-30-19(4)22(15-23(32)27-16-21-9-7-6-8-18(21)3)25(33)31-26(30)28-24(29-31)20-12-10-17(2)11-13-20/h5-13H,1,14-16H2,2-4H3,(H,27,32). The molecule has 0 unspecified atom stereocenters. The van der Waals surface area contributed by atoms with E-state index in [4.69, 9.17) is 0 Å². The molecule has 0 aliphatic carbocycles. The Balaban J connectivity index is 1.69. The van der Waals surface area contributed by atoms with E-state index in [2.05, 4.69) is 22.0 Å². The molecule has 4 rings (SSSR count). The van der Waals surface area contributed by atoms with Gasteiger partial charge < -0.3 is 9.88 Å². The maximum Gasteiger partial charge on any atom is 0.279 e. The molecular formula is C26H27N5O2. The second kappa shape index (κ2) is 9.24. The normalized spacial score (nSPS) is 11.0. The van der Waals surface area contributed by atoms with Gasteiger partial charge in [0.2, 0.25) is 11.7 Å². The number of aryl methyl sites for hydroxylation is 2. The van der Waals surface area contributed by atoms with Crippen LogP contribution in [0.1, 0.15) is 27.9 Å². The molecule has 0 saturated carbocycles. The second-order valence-electron chi connectivity index (χ2n) is 8.16. The van der Waals surface area contributed by atoms with E-state index in [0.717, 1.165) is 22.3 Å². The Morgan fingerprint density at radius 1 is 1.09 bits per heavy atom. The van der Waals surface area contributed by atoms with Crippen molar-refractivity contribution in [2.24, 2.45) is 0 Å². The first-order valence-corrected chi connectivity index (χ1v) is 10.9. The number of aromatic nitrogens is 4. The van der Waals surface area contributed by atoms with E-state index in [9.17, 15) is 9.59 Å². The molecule has 2 aromatic heterocycles. The average Bonchev–Trinajstić information content (AvgIpc) is 3.25. The minimum atomic E-state index is -0.334. The van der Waals surface area contributed by atoms with Crippen molar-refractivity contribution in [3.8, 4) is 11.4 Å². The molecule has 0 aliphatic heterocycles. The molecule has 2 heterocycles. The highest BCUT2D eigenvalue weighted by Crippen LogP contribution is 2.18. The minimum Gasteiger partial charge on any atom is -0.352 e. The molecule has 2 aromatic carbocycles. The van der Waals surface area contributed by atoms with Crippen LogP contribution in [-0.4, -0.2) is 25.1 Å². The van der Waals surface area contributed by atoms with Gasteiger partial charge in [-0.2, -0.15) is 9.50 Å². The fourth-order valence-electron chi connectivity index (χ4n) is 3.81. The first-order valence-electron chi connectivity index (χ1n) is 10.9. The largest absolute Gasteiger partial charge is 0.352 e. The van der Waals surface area contributed by atoms with Gasteiger partial charge in [0.15, 0.2) is 5.82 Å². The van der Waals surface area contributed by atoms with Crippen molar-refractivity contribution in [2.75, 3.05) is 0 Å². The number of rotatable bonds is 7. The number of amides is 1. The van der Waals surface area contributed by atoms with Gasteiger partial charge in [0.1, 0.15) is 0 Å². The molecular weight excluding hydrogens is 414 g/mol. The average molecular weight is 442 g/mol. The lowest BCUT2D eigenvalue weighted by molar-refractivity contribution is -0.120. The summed E-state index contributed by atoms with van der Waals surface area (Å²) < 4.78 is 3.15. The summed E-state index contributed by atoms with van der Waals surface area (Å²) in [5, 5.41) is 7.40. The predicted molar refractivity (Wildman–Crippen MR) is 129 cm³/mol. The monoisotopic (exact) mass is 441 g/mol. The van der Waals surface area contributed by atoms with Gasteiger partial charge in [-0.05, 0) is 31.9 Å². The van der Waals surface area contributed by atoms with E-state index in [1.165, 1.54) is 4.52 Å². The van der Waals surface area contributed by atoms with Crippen LogP contribution in [0.4, 0.5) is 0 Å². The minimum absolute atomic E-state index is 0.0383. The number of allylic oxidation sites excluding steroid dienone is 1. The summed E-state index contributed by atoms with van der Waals surface area (Å²) in [4.78, 5) is 30.7. The summed E-state index contributed by atoms with van der Waals surface area (Å²) >= 11 is 0. The van der Waals surface area contributed by atoms with Crippen LogP contribution in [0, 0.1) is 20.8 Å². The summed E-state index contributed by atoms with van der Waals surface area (Å²) in [6.07, 6.45) is 1.70. The lowest BCUT2D eigenvalue weighted by Gasteiger charge is -2.14. The molecule has 168 valence electrons. The summed E-state index contributed by atoms with van der Waals surface area (Å²) in [7, 11) is 0. The van der Waals surface area contributed by atoms with Gasteiger partial charge in [0.25, 0.3) is 5.56 Å². The molecule has 7 heteroatoms. The van der Waals surface area contributed by atoms with Crippen LogP contribution in [0.15, 0.2) is 66.0 Å². The third-order valence-corrected chi connectivity index (χ3v) is 5.82. The van der Waals surface area contributed by atoms with E-state index in [1.807, 2.05) is 73.9 Å². The molecule has 4 aromatic rings. The quantitative estimate of drug-likeness (QED) is 0.445. The van der Waals surface area contributed by atoms with Gasteiger partial charge in [-0.1, -0.05) is 60.2 Å². The van der Waals surface area contributed by atoms with Crippen LogP contribution in [0.2, 0.25) is 0 Å². The van der Waals surface area contributed by atoms with Gasteiger partial charge in [-0.15, -0.1) is 11.7 Å². The van der Waals surface area contributed by atoms with Crippen molar-refractivity contribution in [1.29, 1.82) is 0 Å². The lowest BCUT2D eigenvalue weighted by Crippen LogP contribution is -2.32. The summed E-state index contributed by atoms with van der Waals surface area (Å²) in [6, 6.07) is 15.7. The van der Waals surface area contributed by atoms with Crippen molar-refractivity contribution in [3.05, 3.63) is 99.5 Å². The molecule has 1 amide bonds. The molecule has 0 fully saturated rings. The summed E-state index contributed by atoms with van der Waals surface area (Å²) in [5.74, 6) is 0.671. The van der Waals surface area contributed by atoms with Crippen molar-refractivity contribution in [2.45, 2.75) is 40.3 Å². The van der Waals surface area contributed by atoms with E-state index in [1.54, 1.807) is 6.08 Å². The zero-order valence-electron chi connectivity index (χ0n) is 19.1. The van der Waals surface area contributed by atoms with Crippen LogP contribution in [-0.2, 0) is 24.3 Å². The van der Waals surface area contributed by atoms with E-state index < -0.39 is 0 Å². The third kappa shape index (κ3) is 4.48. The Bertz CT molecular complexity index is 1400. The van der Waals surface area contributed by atoms with Crippen molar-refractivity contribution < 1.29 is 4.79 Å². The molecule has 0 bridgehead atoms. The zero-order chi connectivity index (χ0) is 23.5. The number of hydrogen-bond acceptors (Lipinski definition) is 4. The van der Waals surface area contributed by atoms with Crippen molar-refractivity contribution in [3.63, 3.8) is 0 Å². The topological polar surface area (TPSA) is 81.3 Å². The van der Waals surface area contributed by atoms with Gasteiger partial charge in [-0.3, -0.25) is 9.59 Å². The Morgan fingerprint density at radius 3 is 2.52 bits per heavy atom. The highest BCUT2D eigenvalue weighted by atomic mass is 16.2. The maximum absolute atomic E-state index is 13.3. The molecule has 1 N–H and O–H groups in total. The summed E-state index contributed by atoms with van der Waals surface area (Å²) in [6.45, 7) is 10.5. The molecule has 7 nitrogen and oxygen atoms in total. The highest BCUT2D eigenvalue weighted by molar-refractivity contribution is 5.78. The second-order valence-corrected chi connectivity index (χ2v) is 8.16. The van der Waals surface area contributed by atoms with Gasteiger partial charge in [0.05, 0.1) is 6.42 Å². The van der Waals surface area contributed by atoms with E-state index in [-0.39, 0.29) is 17.9 Å². The van der Waals surface area contributed by atoms with E-state index >= 15 is 0 Å². The van der Waals surface area contributed by atoms with Gasteiger partial charge in [0, 0.05) is 29.9 Å². The Labute approximate surface area is 192 Å². The van der Waals surface area contributed by atoms with E-state index in [0.29, 0.717) is 35.9 Å². The van der Waals surface area contributed by atoms with Gasteiger partial charge in [-0.25, -0.2) is 0 Å². The molecule has 0 atom stereocenters. The van der Waals surface area contributed by atoms with Crippen LogP contribution >= 0.6 is 0 Å². The SMILES string of the molecule is C=CCn1c(C)c(CC(=O)NCc2ccccc2C)c(=O)n2nc(-c3ccc(C)cc3)nc12. The molecule has 0 radical (unpaired) electrons. The van der Waals surface area contributed by atoms with Crippen LogP contribution in [0.25, 0.3) is 17.2 Å². The van der Waals surface area contributed by atoms with Crippen molar-refractivity contribution >= 4 is 11.7 Å². The number of fused-ring (bicyclic) bond motifs is 1. The number of carbonyl (C=O) groups is 1. The fourth-order valence-corrected chi connectivity index (χ4v) is 3.81. The third-order valence-electron chi connectivity index (χ3n) is 5.82. The predicted octanol–water partition coefficient (Wildman–Crippen LogP) is 3.53. The van der Waals surface area contributed by atoms with Crippen LogP contribution < -0.4 is 10.9 Å². The highest BCUT2D eigenvalue weighted by Gasteiger charge is 2.20. The van der Waals surface area contributed by atoms with Crippen LogP contribution in [0.3, 0.4) is 0 Å². The fraction of sp³-hybridized carbons (Fsp3) is 0.231. The molecule has 33 heavy (non-hydrogen) atoms. The maximum atomic E-state index is 13.3. The number of carbonyl (C=O) groups excluding carboxylic acids is 1. The number of nitrogens with one attached hydrogen (secondary N) is 1. The first-order chi connectivity index (χ1) is 15.9. The lowest BCUT2D eigenvalue weighted by atomic mass is 10.1. The molecule has 0 spiro atoms. The first kappa shape index (κ1) is 22.2. The number of nitrogens with zero attached hydrogens (tertiary/aromatic N) is 4. The van der Waals surface area contributed by atoms with Crippen LogP contribution in [0.5, 0.6) is 0 Å². The Hall–Kier alpha value is -4.00. The smallest absolute Gasteiger partial charge is 0.279 e.